The Kier molecular flexibility index (Phi) is 3.50. The first-order valence-electron chi connectivity index (χ1n) is 5.56. The van der Waals surface area contributed by atoms with Gasteiger partial charge in [-0.2, -0.15) is 0 Å². The number of hydrogen-bond acceptors (Lipinski definition) is 2. The number of rotatable bonds is 3. The van der Waals surface area contributed by atoms with E-state index in [1.807, 2.05) is 19.9 Å². The van der Waals surface area contributed by atoms with Crippen LogP contribution in [-0.4, -0.2) is 12.6 Å². The predicted octanol–water partition coefficient (Wildman–Crippen LogP) is 3.41. The van der Waals surface area contributed by atoms with E-state index < -0.39 is 0 Å². The number of halogens is 2. The van der Waals surface area contributed by atoms with Crippen molar-refractivity contribution in [2.45, 2.75) is 32.4 Å². The van der Waals surface area contributed by atoms with Gasteiger partial charge in [0.1, 0.15) is 6.10 Å². The van der Waals surface area contributed by atoms with E-state index in [0.29, 0.717) is 5.75 Å². The molecule has 0 aromatic heterocycles. The second-order valence-electron chi connectivity index (χ2n) is 3.91. The molecule has 0 saturated heterocycles. The highest BCUT2D eigenvalue weighted by Crippen LogP contribution is 2.41. The Labute approximate surface area is 103 Å². The molecule has 0 bridgehead atoms. The highest BCUT2D eigenvalue weighted by molar-refractivity contribution is 9.10. The van der Waals surface area contributed by atoms with Gasteiger partial charge >= 0.3 is 0 Å². The van der Waals surface area contributed by atoms with Crippen LogP contribution >= 0.6 is 15.9 Å². The molecule has 88 valence electrons. The van der Waals surface area contributed by atoms with Crippen LogP contribution in [0.15, 0.2) is 16.6 Å². The molecule has 2 rings (SSSR count). The lowest BCUT2D eigenvalue weighted by Crippen LogP contribution is -2.30. The van der Waals surface area contributed by atoms with Gasteiger partial charge in [0, 0.05) is 10.0 Å². The van der Waals surface area contributed by atoms with E-state index in [2.05, 4.69) is 21.2 Å². The van der Waals surface area contributed by atoms with Crippen molar-refractivity contribution in [1.82, 2.24) is 5.32 Å². The van der Waals surface area contributed by atoms with Crippen molar-refractivity contribution >= 4 is 15.9 Å². The van der Waals surface area contributed by atoms with E-state index in [4.69, 9.17) is 4.74 Å². The first kappa shape index (κ1) is 11.9. The fourth-order valence-corrected chi connectivity index (χ4v) is 2.58. The largest absolute Gasteiger partial charge is 0.485 e. The first-order valence-corrected chi connectivity index (χ1v) is 6.35. The Morgan fingerprint density at radius 2 is 2.19 bits per heavy atom. The molecule has 2 unspecified atom stereocenters. The summed E-state index contributed by atoms with van der Waals surface area (Å²) in [6.45, 7) is 4.94. The van der Waals surface area contributed by atoms with E-state index in [1.165, 1.54) is 6.07 Å². The van der Waals surface area contributed by atoms with Crippen molar-refractivity contribution in [3.8, 4) is 5.75 Å². The average Bonchev–Trinajstić information content (AvgIpc) is 2.58. The lowest BCUT2D eigenvalue weighted by atomic mass is 10.0. The van der Waals surface area contributed by atoms with Gasteiger partial charge in [-0.25, -0.2) is 4.39 Å². The third-order valence-electron chi connectivity index (χ3n) is 2.84. The van der Waals surface area contributed by atoms with Crippen LogP contribution in [0.1, 0.15) is 31.9 Å². The molecule has 1 aliphatic heterocycles. The van der Waals surface area contributed by atoms with Crippen LogP contribution in [0.5, 0.6) is 5.75 Å². The summed E-state index contributed by atoms with van der Waals surface area (Å²) in [4.78, 5) is 0. The summed E-state index contributed by atoms with van der Waals surface area (Å²) in [7, 11) is 0. The van der Waals surface area contributed by atoms with E-state index in [9.17, 15) is 4.39 Å². The molecular formula is C12H15BrFNO. The summed E-state index contributed by atoms with van der Waals surface area (Å²) < 4.78 is 20.1. The lowest BCUT2D eigenvalue weighted by molar-refractivity contribution is 0.180. The number of fused-ring (bicyclic) bond motifs is 1. The minimum absolute atomic E-state index is 0.0266. The van der Waals surface area contributed by atoms with E-state index in [-0.39, 0.29) is 18.0 Å². The molecule has 2 atom stereocenters. The predicted molar refractivity (Wildman–Crippen MR) is 65.2 cm³/mol. The van der Waals surface area contributed by atoms with Crippen LogP contribution in [0.3, 0.4) is 0 Å². The zero-order valence-corrected chi connectivity index (χ0v) is 11.0. The van der Waals surface area contributed by atoms with Crippen molar-refractivity contribution in [2.75, 3.05) is 6.54 Å². The van der Waals surface area contributed by atoms with Crippen molar-refractivity contribution in [1.29, 1.82) is 0 Å². The number of hydrogen-bond donors (Lipinski definition) is 1. The summed E-state index contributed by atoms with van der Waals surface area (Å²) in [5.41, 5.74) is 0.917. The molecule has 0 radical (unpaired) electrons. The minimum atomic E-state index is -0.289. The van der Waals surface area contributed by atoms with E-state index in [1.54, 1.807) is 0 Å². The third kappa shape index (κ3) is 1.96. The van der Waals surface area contributed by atoms with Crippen LogP contribution in [0, 0.1) is 5.82 Å². The number of benzene rings is 1. The second-order valence-corrected chi connectivity index (χ2v) is 4.82. The van der Waals surface area contributed by atoms with E-state index >= 15 is 0 Å². The molecule has 0 aliphatic carbocycles. The third-order valence-corrected chi connectivity index (χ3v) is 3.30. The summed E-state index contributed by atoms with van der Waals surface area (Å²) in [6.07, 6.45) is 0.891. The van der Waals surface area contributed by atoms with Gasteiger partial charge < -0.3 is 10.1 Å². The maximum absolute atomic E-state index is 13.7. The van der Waals surface area contributed by atoms with Gasteiger partial charge in [0.05, 0.1) is 6.04 Å². The quantitative estimate of drug-likeness (QED) is 0.920. The molecule has 2 nitrogen and oxygen atoms in total. The van der Waals surface area contributed by atoms with Crippen LogP contribution in [-0.2, 0) is 0 Å². The number of ether oxygens (including phenoxy) is 1. The summed E-state index contributed by atoms with van der Waals surface area (Å²) in [6, 6.07) is 3.47. The van der Waals surface area contributed by atoms with Crippen molar-refractivity contribution in [3.63, 3.8) is 0 Å². The van der Waals surface area contributed by atoms with Gasteiger partial charge in [-0.1, -0.05) is 29.8 Å². The zero-order valence-electron chi connectivity index (χ0n) is 9.39. The maximum atomic E-state index is 13.7. The molecule has 4 heteroatoms. The molecule has 0 fully saturated rings. The first-order chi connectivity index (χ1) is 7.67. The van der Waals surface area contributed by atoms with Gasteiger partial charge in [-0.05, 0) is 25.1 Å². The standard InChI is InChI=1S/C12H15BrFNO/c1-3-10-11(15-4-2)8-5-7(13)6-9(14)12(8)16-10/h5-6,10-11,15H,3-4H2,1-2H3. The smallest absolute Gasteiger partial charge is 0.166 e. The molecular weight excluding hydrogens is 273 g/mol. The Hall–Kier alpha value is -0.610. The average molecular weight is 288 g/mol. The molecule has 1 N–H and O–H groups in total. The van der Waals surface area contributed by atoms with Crippen LogP contribution in [0.25, 0.3) is 0 Å². The highest BCUT2D eigenvalue weighted by atomic mass is 79.9. The van der Waals surface area contributed by atoms with E-state index in [0.717, 1.165) is 23.0 Å². The van der Waals surface area contributed by atoms with Crippen LogP contribution < -0.4 is 10.1 Å². The van der Waals surface area contributed by atoms with Crippen LogP contribution in [0.4, 0.5) is 4.39 Å². The molecule has 1 aliphatic rings. The molecule has 0 spiro atoms. The van der Waals surface area contributed by atoms with Gasteiger partial charge in [-0.15, -0.1) is 0 Å². The van der Waals surface area contributed by atoms with Gasteiger partial charge in [-0.3, -0.25) is 0 Å². The highest BCUT2D eigenvalue weighted by Gasteiger charge is 2.34. The molecule has 16 heavy (non-hydrogen) atoms. The number of likely N-dealkylation sites (N-methyl/N-ethyl adjacent to an activating group) is 1. The summed E-state index contributed by atoms with van der Waals surface area (Å²) in [5, 5.41) is 3.34. The summed E-state index contributed by atoms with van der Waals surface area (Å²) in [5.74, 6) is 0.115. The van der Waals surface area contributed by atoms with Crippen LogP contribution in [0.2, 0.25) is 0 Å². The Balaban J connectivity index is 2.41. The van der Waals surface area contributed by atoms with Crippen molar-refractivity contribution in [2.24, 2.45) is 0 Å². The number of nitrogens with one attached hydrogen (secondary N) is 1. The Bertz CT molecular complexity index is 397. The van der Waals surface area contributed by atoms with Gasteiger partial charge in [0.2, 0.25) is 0 Å². The minimum Gasteiger partial charge on any atom is -0.485 e. The molecule has 0 amide bonds. The van der Waals surface area contributed by atoms with Crippen molar-refractivity contribution in [3.05, 3.63) is 28.0 Å². The lowest BCUT2D eigenvalue weighted by Gasteiger charge is -2.17. The Morgan fingerprint density at radius 3 is 2.81 bits per heavy atom. The normalized spacial score (nSPS) is 23.0. The monoisotopic (exact) mass is 287 g/mol. The van der Waals surface area contributed by atoms with Gasteiger partial charge in [0.15, 0.2) is 11.6 Å². The summed E-state index contributed by atoms with van der Waals surface area (Å²) >= 11 is 3.31. The van der Waals surface area contributed by atoms with Gasteiger partial charge in [0.25, 0.3) is 0 Å². The zero-order chi connectivity index (χ0) is 11.7. The van der Waals surface area contributed by atoms with Crippen molar-refractivity contribution < 1.29 is 9.13 Å². The molecule has 1 heterocycles. The second kappa shape index (κ2) is 4.72. The molecule has 1 aromatic carbocycles. The maximum Gasteiger partial charge on any atom is 0.166 e. The fourth-order valence-electron chi connectivity index (χ4n) is 2.14. The fraction of sp³-hybridized carbons (Fsp3) is 0.500. The topological polar surface area (TPSA) is 21.3 Å². The SMILES string of the molecule is CCNC1c2cc(Br)cc(F)c2OC1CC. The molecule has 0 saturated carbocycles. The molecule has 1 aromatic rings. The Morgan fingerprint density at radius 1 is 1.44 bits per heavy atom.